The van der Waals surface area contributed by atoms with Crippen molar-refractivity contribution >= 4 is 29.1 Å². The molecule has 1 aliphatic heterocycles. The van der Waals surface area contributed by atoms with E-state index in [2.05, 4.69) is 20.8 Å². The molecule has 0 aromatic carbocycles. The van der Waals surface area contributed by atoms with Crippen LogP contribution in [0.5, 0.6) is 0 Å². The minimum atomic E-state index is 0.0352. The quantitative estimate of drug-likeness (QED) is 0.795. The maximum atomic E-state index is 12.7. The van der Waals surface area contributed by atoms with Gasteiger partial charge >= 0.3 is 0 Å². The van der Waals surface area contributed by atoms with Gasteiger partial charge in [-0.3, -0.25) is 4.79 Å². The Labute approximate surface area is 130 Å². The molecule has 0 saturated carbocycles. The lowest BCUT2D eigenvalue weighted by atomic mass is 9.87. The fourth-order valence-electron chi connectivity index (χ4n) is 2.92. The molecule has 3 nitrogen and oxygen atoms in total. The molecule has 112 valence electrons. The van der Waals surface area contributed by atoms with Crippen molar-refractivity contribution < 1.29 is 4.79 Å². The van der Waals surface area contributed by atoms with Gasteiger partial charge in [-0.1, -0.05) is 44.0 Å². The van der Waals surface area contributed by atoms with E-state index in [0.717, 1.165) is 25.8 Å². The first kappa shape index (κ1) is 15.7. The van der Waals surface area contributed by atoms with Crippen molar-refractivity contribution in [2.45, 2.75) is 46.1 Å². The third kappa shape index (κ3) is 3.15. The van der Waals surface area contributed by atoms with E-state index >= 15 is 0 Å². The normalized spacial score (nSPS) is 19.7. The van der Waals surface area contributed by atoms with Gasteiger partial charge in [0.25, 0.3) is 5.91 Å². The van der Waals surface area contributed by atoms with Crippen LogP contribution in [0.15, 0.2) is 6.07 Å². The summed E-state index contributed by atoms with van der Waals surface area (Å²) in [4.78, 5) is 14.7. The molecule has 5 heteroatoms. The van der Waals surface area contributed by atoms with E-state index in [-0.39, 0.29) is 11.3 Å². The number of likely N-dealkylation sites (tertiary alicyclic amines) is 1. The van der Waals surface area contributed by atoms with E-state index in [0.29, 0.717) is 21.9 Å². The van der Waals surface area contributed by atoms with Crippen molar-refractivity contribution in [3.63, 3.8) is 0 Å². The Balaban J connectivity index is 2.21. The second kappa shape index (κ2) is 5.61. The van der Waals surface area contributed by atoms with Crippen molar-refractivity contribution in [3.05, 3.63) is 21.9 Å². The molecule has 1 unspecified atom stereocenters. The first-order chi connectivity index (χ1) is 9.20. The summed E-state index contributed by atoms with van der Waals surface area (Å²) >= 11 is 12.1. The molecular formula is C15H22Cl2N2O. The van der Waals surface area contributed by atoms with Crippen LogP contribution in [-0.4, -0.2) is 28.0 Å². The molecule has 20 heavy (non-hydrogen) atoms. The van der Waals surface area contributed by atoms with Gasteiger partial charge in [0.15, 0.2) is 0 Å². The molecule has 2 heterocycles. The Kier molecular flexibility index (Phi) is 4.41. The molecule has 1 aliphatic rings. The van der Waals surface area contributed by atoms with Crippen LogP contribution in [0.25, 0.3) is 0 Å². The number of amides is 1. The van der Waals surface area contributed by atoms with Crippen LogP contribution in [0.4, 0.5) is 0 Å². The summed E-state index contributed by atoms with van der Waals surface area (Å²) in [5.74, 6) is 0.0352. The van der Waals surface area contributed by atoms with Crippen LogP contribution < -0.4 is 0 Å². The van der Waals surface area contributed by atoms with Crippen LogP contribution in [-0.2, 0) is 7.05 Å². The molecule has 2 rings (SSSR count). The van der Waals surface area contributed by atoms with Crippen LogP contribution >= 0.6 is 23.2 Å². The average molecular weight is 317 g/mol. The molecule has 1 saturated heterocycles. The molecule has 1 aromatic heterocycles. The molecule has 0 aliphatic carbocycles. The lowest BCUT2D eigenvalue weighted by molar-refractivity contribution is 0.0694. The van der Waals surface area contributed by atoms with Gasteiger partial charge in [-0.05, 0) is 30.7 Å². The monoisotopic (exact) mass is 316 g/mol. The molecule has 1 fully saturated rings. The Bertz CT molecular complexity index is 517. The minimum Gasteiger partial charge on any atom is -0.334 e. The standard InChI is InChI=1S/C15H22Cl2N2O/c1-15(2,3)9-10-6-5-7-19(10)14(20)12-8-11(16)13(17)18(12)4/h8,10H,5-7,9H2,1-4H3. The smallest absolute Gasteiger partial charge is 0.270 e. The largest absolute Gasteiger partial charge is 0.334 e. The highest BCUT2D eigenvalue weighted by atomic mass is 35.5. The van der Waals surface area contributed by atoms with Gasteiger partial charge in [-0.2, -0.15) is 0 Å². The Morgan fingerprint density at radius 3 is 2.55 bits per heavy atom. The summed E-state index contributed by atoms with van der Waals surface area (Å²) in [7, 11) is 1.77. The van der Waals surface area contributed by atoms with E-state index in [1.54, 1.807) is 17.7 Å². The van der Waals surface area contributed by atoms with Crippen LogP contribution in [0.2, 0.25) is 10.2 Å². The van der Waals surface area contributed by atoms with Gasteiger partial charge in [-0.15, -0.1) is 0 Å². The summed E-state index contributed by atoms with van der Waals surface area (Å²) in [5, 5.41) is 0.852. The molecule has 1 aromatic rings. The highest BCUT2D eigenvalue weighted by Gasteiger charge is 2.33. The van der Waals surface area contributed by atoms with Crippen LogP contribution in [0.3, 0.4) is 0 Å². The molecule has 0 N–H and O–H groups in total. The van der Waals surface area contributed by atoms with Crippen molar-refractivity contribution in [1.29, 1.82) is 0 Å². The molecular weight excluding hydrogens is 295 g/mol. The van der Waals surface area contributed by atoms with E-state index in [4.69, 9.17) is 23.2 Å². The third-order valence-electron chi connectivity index (χ3n) is 3.82. The van der Waals surface area contributed by atoms with Crippen molar-refractivity contribution in [2.75, 3.05) is 6.54 Å². The lowest BCUT2D eigenvalue weighted by Gasteiger charge is -2.30. The second-order valence-corrected chi connectivity index (χ2v) is 7.55. The predicted octanol–water partition coefficient (Wildman–Crippen LogP) is 4.37. The van der Waals surface area contributed by atoms with Gasteiger partial charge in [0, 0.05) is 19.6 Å². The summed E-state index contributed by atoms with van der Waals surface area (Å²) in [6.45, 7) is 7.46. The fraction of sp³-hybridized carbons (Fsp3) is 0.667. The lowest BCUT2D eigenvalue weighted by Crippen LogP contribution is -2.38. The predicted molar refractivity (Wildman–Crippen MR) is 83.6 cm³/mol. The van der Waals surface area contributed by atoms with Gasteiger partial charge in [0.1, 0.15) is 10.8 Å². The van der Waals surface area contributed by atoms with Crippen molar-refractivity contribution in [2.24, 2.45) is 12.5 Å². The number of aromatic nitrogens is 1. The van der Waals surface area contributed by atoms with Crippen LogP contribution in [0, 0.1) is 5.41 Å². The van der Waals surface area contributed by atoms with Gasteiger partial charge < -0.3 is 9.47 Å². The maximum Gasteiger partial charge on any atom is 0.270 e. The molecule has 1 atom stereocenters. The van der Waals surface area contributed by atoms with E-state index in [9.17, 15) is 4.79 Å². The highest BCUT2D eigenvalue weighted by molar-refractivity contribution is 6.41. The zero-order chi connectivity index (χ0) is 15.1. The minimum absolute atomic E-state index is 0.0352. The summed E-state index contributed by atoms with van der Waals surface area (Å²) in [5.41, 5.74) is 0.789. The summed E-state index contributed by atoms with van der Waals surface area (Å²) < 4.78 is 1.67. The first-order valence-electron chi connectivity index (χ1n) is 7.02. The fourth-order valence-corrected chi connectivity index (χ4v) is 3.29. The number of nitrogens with zero attached hydrogens (tertiary/aromatic N) is 2. The highest BCUT2D eigenvalue weighted by Crippen LogP contribution is 2.32. The average Bonchev–Trinajstić information content (AvgIpc) is 2.87. The zero-order valence-electron chi connectivity index (χ0n) is 12.5. The Morgan fingerprint density at radius 1 is 1.40 bits per heavy atom. The van der Waals surface area contributed by atoms with E-state index in [1.165, 1.54) is 0 Å². The van der Waals surface area contributed by atoms with Crippen LogP contribution in [0.1, 0.15) is 50.5 Å². The third-order valence-corrected chi connectivity index (χ3v) is 4.66. The topological polar surface area (TPSA) is 25.2 Å². The first-order valence-corrected chi connectivity index (χ1v) is 7.78. The number of rotatable bonds is 2. The van der Waals surface area contributed by atoms with Crippen molar-refractivity contribution in [3.8, 4) is 0 Å². The van der Waals surface area contributed by atoms with Crippen molar-refractivity contribution in [1.82, 2.24) is 9.47 Å². The van der Waals surface area contributed by atoms with Gasteiger partial charge in [-0.25, -0.2) is 0 Å². The number of hydrogen-bond acceptors (Lipinski definition) is 1. The molecule has 1 amide bonds. The SMILES string of the molecule is Cn1c(C(=O)N2CCCC2CC(C)(C)C)cc(Cl)c1Cl. The summed E-state index contributed by atoms with van der Waals surface area (Å²) in [6.07, 6.45) is 3.16. The molecule has 0 spiro atoms. The van der Waals surface area contributed by atoms with E-state index < -0.39 is 0 Å². The molecule has 0 bridgehead atoms. The van der Waals surface area contributed by atoms with Gasteiger partial charge in [0.2, 0.25) is 0 Å². The second-order valence-electron chi connectivity index (χ2n) is 6.79. The molecule has 0 radical (unpaired) electrons. The number of hydrogen-bond donors (Lipinski definition) is 0. The number of carbonyl (C=O) groups is 1. The Hall–Kier alpha value is -0.670. The van der Waals surface area contributed by atoms with E-state index in [1.807, 2.05) is 4.90 Å². The zero-order valence-corrected chi connectivity index (χ0v) is 14.1. The number of halogens is 2. The number of carbonyl (C=O) groups excluding carboxylic acids is 1. The summed E-state index contributed by atoms with van der Waals surface area (Å²) in [6, 6.07) is 1.98. The maximum absolute atomic E-state index is 12.7. The Morgan fingerprint density at radius 2 is 2.05 bits per heavy atom. The van der Waals surface area contributed by atoms with Gasteiger partial charge in [0.05, 0.1) is 5.02 Å².